The van der Waals surface area contributed by atoms with Crippen molar-refractivity contribution in [2.75, 3.05) is 49.5 Å². The number of hydrogen-bond donors (Lipinski definition) is 2. The number of benzene rings is 1. The van der Waals surface area contributed by atoms with Crippen LogP contribution in [0, 0.1) is 6.92 Å². The van der Waals surface area contributed by atoms with Crippen molar-refractivity contribution < 1.29 is 14.6 Å². The van der Waals surface area contributed by atoms with Gasteiger partial charge >= 0.3 is 0 Å². The van der Waals surface area contributed by atoms with E-state index in [0.29, 0.717) is 17.1 Å². The van der Waals surface area contributed by atoms with Crippen molar-refractivity contribution in [2.45, 2.75) is 19.4 Å². The molecule has 0 aliphatic carbocycles. The van der Waals surface area contributed by atoms with Crippen LogP contribution in [0.3, 0.4) is 0 Å². The predicted molar refractivity (Wildman–Crippen MR) is 132 cm³/mol. The van der Waals surface area contributed by atoms with E-state index in [4.69, 9.17) is 4.74 Å². The topological polar surface area (TPSA) is 77.9 Å². The van der Waals surface area contributed by atoms with Gasteiger partial charge in [0.2, 0.25) is 0 Å². The van der Waals surface area contributed by atoms with Gasteiger partial charge in [0.15, 0.2) is 0 Å². The van der Waals surface area contributed by atoms with Crippen LogP contribution in [-0.2, 0) is 0 Å². The number of anilines is 2. The number of β-amino-alcohol motifs (C(OH)–C–C–N with tert-alkyl or cyclic N) is 1. The summed E-state index contributed by atoms with van der Waals surface area (Å²) in [6.07, 6.45) is 2.15. The van der Waals surface area contributed by atoms with Crippen LogP contribution in [0.25, 0.3) is 0 Å². The van der Waals surface area contributed by atoms with Crippen LogP contribution in [0.1, 0.15) is 21.7 Å². The third-order valence-corrected chi connectivity index (χ3v) is 6.53. The van der Waals surface area contributed by atoms with Crippen LogP contribution in [0.4, 0.5) is 11.5 Å². The highest BCUT2D eigenvalue weighted by molar-refractivity contribution is 7.12. The Morgan fingerprint density at radius 1 is 1.15 bits per heavy atom. The van der Waals surface area contributed by atoms with E-state index >= 15 is 0 Å². The second-order valence-corrected chi connectivity index (χ2v) is 9.16. The number of ether oxygens (including phenoxy) is 1. The molecule has 1 unspecified atom stereocenters. The van der Waals surface area contributed by atoms with E-state index in [1.54, 1.807) is 12.3 Å². The van der Waals surface area contributed by atoms with Gasteiger partial charge in [-0.2, -0.15) is 0 Å². The normalized spacial score (nSPS) is 15.6. The predicted octanol–water partition coefficient (Wildman–Crippen LogP) is 3.66. The molecule has 3 aromatic rings. The number of nitrogens with one attached hydrogen (secondary N) is 1. The van der Waals surface area contributed by atoms with Crippen LogP contribution < -0.4 is 15.0 Å². The smallest absolute Gasteiger partial charge is 0.265 e. The lowest BCUT2D eigenvalue weighted by atomic mass is 10.2. The number of amides is 1. The minimum absolute atomic E-state index is 0.116. The highest BCUT2D eigenvalue weighted by atomic mass is 32.1. The van der Waals surface area contributed by atoms with E-state index in [2.05, 4.69) is 20.1 Å². The average Bonchev–Trinajstić information content (AvgIpc) is 3.27. The SMILES string of the molecule is Cc1ccccc1OCC(O)CN1CCCN(c2ccc(NC(=O)c3cccs3)cn2)CC1. The van der Waals surface area contributed by atoms with Gasteiger partial charge in [-0.1, -0.05) is 24.3 Å². The second kappa shape index (κ2) is 11.3. The van der Waals surface area contributed by atoms with E-state index in [-0.39, 0.29) is 12.5 Å². The third kappa shape index (κ3) is 6.54. The molecule has 1 amide bonds. The Labute approximate surface area is 198 Å². The van der Waals surface area contributed by atoms with Crippen molar-refractivity contribution in [3.05, 3.63) is 70.5 Å². The van der Waals surface area contributed by atoms with E-state index in [9.17, 15) is 9.90 Å². The summed E-state index contributed by atoms with van der Waals surface area (Å²) in [5.41, 5.74) is 1.75. The minimum atomic E-state index is -0.541. The molecule has 2 aromatic heterocycles. The molecule has 2 N–H and O–H groups in total. The highest BCUT2D eigenvalue weighted by Crippen LogP contribution is 2.19. The highest BCUT2D eigenvalue weighted by Gasteiger charge is 2.19. The molecular formula is C25H30N4O3S. The molecule has 1 aliphatic heterocycles. The maximum absolute atomic E-state index is 12.2. The van der Waals surface area contributed by atoms with Gasteiger partial charge in [0.1, 0.15) is 24.3 Å². The van der Waals surface area contributed by atoms with Crippen LogP contribution in [-0.4, -0.2) is 66.3 Å². The monoisotopic (exact) mass is 466 g/mol. The zero-order valence-corrected chi connectivity index (χ0v) is 19.6. The Balaban J connectivity index is 1.24. The molecule has 7 nitrogen and oxygen atoms in total. The second-order valence-electron chi connectivity index (χ2n) is 8.21. The summed E-state index contributed by atoms with van der Waals surface area (Å²) in [6, 6.07) is 15.4. The summed E-state index contributed by atoms with van der Waals surface area (Å²) in [5, 5.41) is 15.2. The first-order valence-corrected chi connectivity index (χ1v) is 12.1. The molecule has 0 bridgehead atoms. The molecule has 1 saturated heterocycles. The van der Waals surface area contributed by atoms with Crippen molar-refractivity contribution in [3.63, 3.8) is 0 Å². The fourth-order valence-electron chi connectivity index (χ4n) is 3.89. The zero-order valence-electron chi connectivity index (χ0n) is 18.8. The molecular weight excluding hydrogens is 436 g/mol. The molecule has 174 valence electrons. The van der Waals surface area contributed by atoms with E-state index in [1.807, 2.05) is 54.8 Å². The number of rotatable bonds is 8. The number of carbonyl (C=O) groups excluding carboxylic acids is 1. The largest absolute Gasteiger partial charge is 0.491 e. The van der Waals surface area contributed by atoms with E-state index in [0.717, 1.165) is 49.7 Å². The summed E-state index contributed by atoms with van der Waals surface area (Å²) in [6.45, 7) is 6.38. The van der Waals surface area contributed by atoms with Crippen molar-refractivity contribution in [2.24, 2.45) is 0 Å². The Morgan fingerprint density at radius 3 is 2.79 bits per heavy atom. The number of aromatic nitrogens is 1. The van der Waals surface area contributed by atoms with Crippen molar-refractivity contribution >= 4 is 28.7 Å². The zero-order chi connectivity index (χ0) is 23.0. The Morgan fingerprint density at radius 2 is 2.03 bits per heavy atom. The summed E-state index contributed by atoms with van der Waals surface area (Å²) in [4.78, 5) is 22.0. The van der Waals surface area contributed by atoms with Crippen molar-refractivity contribution in [3.8, 4) is 5.75 Å². The lowest BCUT2D eigenvalue weighted by molar-refractivity contribution is 0.0702. The first kappa shape index (κ1) is 23.2. The Kier molecular flexibility index (Phi) is 7.93. The Bertz CT molecular complexity index is 1030. The van der Waals surface area contributed by atoms with Crippen molar-refractivity contribution in [1.82, 2.24) is 9.88 Å². The molecule has 1 fully saturated rings. The fourth-order valence-corrected chi connectivity index (χ4v) is 4.50. The number of aliphatic hydroxyl groups is 1. The first-order chi connectivity index (χ1) is 16.1. The number of thiophene rings is 1. The molecule has 33 heavy (non-hydrogen) atoms. The summed E-state index contributed by atoms with van der Waals surface area (Å²) >= 11 is 1.41. The molecule has 1 aliphatic rings. The maximum Gasteiger partial charge on any atom is 0.265 e. The van der Waals surface area contributed by atoms with Crippen LogP contribution in [0.15, 0.2) is 60.1 Å². The summed E-state index contributed by atoms with van der Waals surface area (Å²) in [7, 11) is 0. The summed E-state index contributed by atoms with van der Waals surface area (Å²) in [5.74, 6) is 1.60. The molecule has 0 radical (unpaired) electrons. The quantitative estimate of drug-likeness (QED) is 0.528. The number of pyridine rings is 1. The lowest BCUT2D eigenvalue weighted by Gasteiger charge is -2.24. The molecule has 1 atom stereocenters. The first-order valence-electron chi connectivity index (χ1n) is 11.2. The van der Waals surface area contributed by atoms with Gasteiger partial charge in [-0.05, 0) is 55.1 Å². The van der Waals surface area contributed by atoms with Gasteiger partial charge in [-0.15, -0.1) is 11.3 Å². The van der Waals surface area contributed by atoms with Crippen LogP contribution in [0.2, 0.25) is 0 Å². The number of hydrogen-bond acceptors (Lipinski definition) is 7. The van der Waals surface area contributed by atoms with Gasteiger partial charge in [0.05, 0.1) is 16.8 Å². The number of carbonyl (C=O) groups is 1. The van der Waals surface area contributed by atoms with Gasteiger partial charge < -0.3 is 20.1 Å². The third-order valence-electron chi connectivity index (χ3n) is 5.66. The Hall–Kier alpha value is -2.94. The van der Waals surface area contributed by atoms with Gasteiger partial charge in [-0.3, -0.25) is 9.69 Å². The molecule has 3 heterocycles. The lowest BCUT2D eigenvalue weighted by Crippen LogP contribution is -2.38. The average molecular weight is 467 g/mol. The van der Waals surface area contributed by atoms with Crippen LogP contribution >= 0.6 is 11.3 Å². The van der Waals surface area contributed by atoms with E-state index in [1.165, 1.54) is 11.3 Å². The number of aryl methyl sites for hydroxylation is 1. The summed E-state index contributed by atoms with van der Waals surface area (Å²) < 4.78 is 5.80. The van der Waals surface area contributed by atoms with E-state index < -0.39 is 6.10 Å². The molecule has 0 saturated carbocycles. The van der Waals surface area contributed by atoms with Gasteiger partial charge in [-0.25, -0.2) is 4.98 Å². The van der Waals surface area contributed by atoms with Gasteiger partial charge in [0, 0.05) is 26.2 Å². The minimum Gasteiger partial charge on any atom is -0.491 e. The number of para-hydroxylation sites is 1. The fraction of sp³-hybridized carbons (Fsp3) is 0.360. The molecule has 8 heteroatoms. The number of nitrogens with zero attached hydrogens (tertiary/aromatic N) is 3. The van der Waals surface area contributed by atoms with Crippen LogP contribution in [0.5, 0.6) is 5.75 Å². The standard InChI is InChI=1S/C25H30N4O3S/c1-19-6-2-3-7-22(19)32-18-21(30)17-28-11-5-12-29(14-13-28)24-10-9-20(16-26-24)27-25(31)23-8-4-15-33-23/h2-4,6-10,15-16,21,30H,5,11-14,17-18H2,1H3,(H,27,31). The van der Waals surface area contributed by atoms with Gasteiger partial charge in [0.25, 0.3) is 5.91 Å². The number of aliphatic hydroxyl groups excluding tert-OH is 1. The molecule has 4 rings (SSSR count). The molecule has 1 aromatic carbocycles. The maximum atomic E-state index is 12.2. The van der Waals surface area contributed by atoms with Crippen molar-refractivity contribution in [1.29, 1.82) is 0 Å². The molecule has 0 spiro atoms.